The second-order valence-corrected chi connectivity index (χ2v) is 4.19. The molecule has 0 aromatic carbocycles. The minimum absolute atomic E-state index is 0.184. The highest BCUT2D eigenvalue weighted by molar-refractivity contribution is 5.42. The van der Waals surface area contributed by atoms with Gasteiger partial charge in [0, 0.05) is 12.4 Å². The van der Waals surface area contributed by atoms with E-state index in [9.17, 15) is 5.11 Å². The SMILES string of the molecule is Cc1cn(-c2ncc(C(C)C)cc2O)cn1. The Hall–Kier alpha value is -1.84. The Kier molecular flexibility index (Phi) is 2.64. The summed E-state index contributed by atoms with van der Waals surface area (Å²) in [4.78, 5) is 8.36. The van der Waals surface area contributed by atoms with Crippen LogP contribution in [-0.4, -0.2) is 19.6 Å². The first-order valence-corrected chi connectivity index (χ1v) is 5.28. The van der Waals surface area contributed by atoms with Crippen molar-refractivity contribution in [3.63, 3.8) is 0 Å². The fourth-order valence-corrected chi connectivity index (χ4v) is 1.51. The van der Waals surface area contributed by atoms with Gasteiger partial charge in [0.15, 0.2) is 11.6 Å². The van der Waals surface area contributed by atoms with Crippen LogP contribution in [0.2, 0.25) is 0 Å². The van der Waals surface area contributed by atoms with Crippen LogP contribution in [0.5, 0.6) is 5.75 Å². The van der Waals surface area contributed by atoms with Crippen LogP contribution in [0.1, 0.15) is 31.0 Å². The normalized spacial score (nSPS) is 11.0. The number of nitrogens with zero attached hydrogens (tertiary/aromatic N) is 3. The summed E-state index contributed by atoms with van der Waals surface area (Å²) in [6, 6.07) is 1.75. The standard InChI is InChI=1S/C12H15N3O/c1-8(2)10-4-11(16)12(13-5-10)15-6-9(3)14-7-15/h4-8,16H,1-3H3. The zero-order valence-corrected chi connectivity index (χ0v) is 9.68. The van der Waals surface area contributed by atoms with Gasteiger partial charge in [-0.2, -0.15) is 0 Å². The van der Waals surface area contributed by atoms with Gasteiger partial charge in [-0.05, 0) is 24.5 Å². The summed E-state index contributed by atoms with van der Waals surface area (Å²) in [7, 11) is 0. The number of imidazole rings is 1. The smallest absolute Gasteiger partial charge is 0.180 e. The Bertz CT molecular complexity index is 503. The number of aromatic hydroxyl groups is 1. The van der Waals surface area contributed by atoms with Crippen molar-refractivity contribution in [2.45, 2.75) is 26.7 Å². The molecule has 0 unspecified atom stereocenters. The number of hydrogen-bond acceptors (Lipinski definition) is 3. The van der Waals surface area contributed by atoms with E-state index in [4.69, 9.17) is 0 Å². The molecular formula is C12H15N3O. The van der Waals surface area contributed by atoms with Crippen molar-refractivity contribution in [3.8, 4) is 11.6 Å². The van der Waals surface area contributed by atoms with Crippen molar-refractivity contribution in [3.05, 3.63) is 36.0 Å². The first-order chi connectivity index (χ1) is 7.58. The summed E-state index contributed by atoms with van der Waals surface area (Å²) in [5, 5.41) is 9.89. The highest BCUT2D eigenvalue weighted by Crippen LogP contribution is 2.24. The summed E-state index contributed by atoms with van der Waals surface area (Å²) >= 11 is 0. The molecule has 2 aromatic heterocycles. The zero-order valence-electron chi connectivity index (χ0n) is 9.68. The summed E-state index contributed by atoms with van der Waals surface area (Å²) in [5.74, 6) is 1.06. The summed E-state index contributed by atoms with van der Waals surface area (Å²) in [6.07, 6.45) is 5.26. The van der Waals surface area contributed by atoms with Crippen LogP contribution in [0.4, 0.5) is 0 Å². The van der Waals surface area contributed by atoms with Crippen molar-refractivity contribution in [2.24, 2.45) is 0 Å². The van der Waals surface area contributed by atoms with Gasteiger partial charge in [-0.15, -0.1) is 0 Å². The number of pyridine rings is 1. The molecule has 0 aliphatic rings. The Morgan fingerprint density at radius 3 is 2.56 bits per heavy atom. The third-order valence-electron chi connectivity index (χ3n) is 2.49. The van der Waals surface area contributed by atoms with Gasteiger partial charge in [-0.1, -0.05) is 13.8 Å². The topological polar surface area (TPSA) is 50.9 Å². The van der Waals surface area contributed by atoms with Crippen LogP contribution in [0, 0.1) is 6.92 Å². The quantitative estimate of drug-likeness (QED) is 0.840. The first kappa shape index (κ1) is 10.7. The van der Waals surface area contributed by atoms with E-state index in [1.54, 1.807) is 23.2 Å². The number of rotatable bonds is 2. The number of aryl methyl sites for hydroxylation is 1. The van der Waals surface area contributed by atoms with E-state index < -0.39 is 0 Å². The molecule has 0 fully saturated rings. The monoisotopic (exact) mass is 217 g/mol. The van der Waals surface area contributed by atoms with E-state index in [1.807, 2.05) is 13.1 Å². The molecule has 0 spiro atoms. The summed E-state index contributed by atoms with van der Waals surface area (Å²) in [6.45, 7) is 6.03. The molecule has 0 atom stereocenters. The highest BCUT2D eigenvalue weighted by Gasteiger charge is 2.08. The van der Waals surface area contributed by atoms with Gasteiger partial charge in [-0.25, -0.2) is 9.97 Å². The number of hydrogen-bond donors (Lipinski definition) is 1. The third-order valence-corrected chi connectivity index (χ3v) is 2.49. The highest BCUT2D eigenvalue weighted by atomic mass is 16.3. The van der Waals surface area contributed by atoms with Gasteiger partial charge >= 0.3 is 0 Å². The third kappa shape index (κ3) is 1.91. The average molecular weight is 217 g/mol. The maximum absolute atomic E-state index is 9.89. The van der Waals surface area contributed by atoms with Crippen LogP contribution in [0.3, 0.4) is 0 Å². The van der Waals surface area contributed by atoms with Crippen LogP contribution in [-0.2, 0) is 0 Å². The second-order valence-electron chi connectivity index (χ2n) is 4.19. The fraction of sp³-hybridized carbons (Fsp3) is 0.333. The largest absolute Gasteiger partial charge is 0.504 e. The Morgan fingerprint density at radius 2 is 2.06 bits per heavy atom. The van der Waals surface area contributed by atoms with Crippen LogP contribution < -0.4 is 0 Å². The fourth-order valence-electron chi connectivity index (χ4n) is 1.51. The molecule has 16 heavy (non-hydrogen) atoms. The van der Waals surface area contributed by atoms with Crippen molar-refractivity contribution >= 4 is 0 Å². The van der Waals surface area contributed by atoms with Crippen molar-refractivity contribution in [1.82, 2.24) is 14.5 Å². The minimum Gasteiger partial charge on any atom is -0.504 e. The molecule has 1 N–H and O–H groups in total. The molecule has 0 saturated carbocycles. The molecule has 0 radical (unpaired) electrons. The molecule has 2 aromatic rings. The lowest BCUT2D eigenvalue weighted by Crippen LogP contribution is -1.97. The summed E-state index contributed by atoms with van der Waals surface area (Å²) < 4.78 is 1.72. The van der Waals surface area contributed by atoms with Gasteiger partial charge in [0.05, 0.1) is 5.69 Å². The average Bonchev–Trinajstić information content (AvgIpc) is 2.64. The first-order valence-electron chi connectivity index (χ1n) is 5.28. The molecule has 2 heterocycles. The maximum atomic E-state index is 9.89. The van der Waals surface area contributed by atoms with Crippen LogP contribution in [0.15, 0.2) is 24.8 Å². The van der Waals surface area contributed by atoms with E-state index in [-0.39, 0.29) is 5.75 Å². The molecule has 2 rings (SSSR count). The van der Waals surface area contributed by atoms with E-state index >= 15 is 0 Å². The van der Waals surface area contributed by atoms with Gasteiger partial charge in [0.2, 0.25) is 0 Å². The van der Waals surface area contributed by atoms with E-state index in [0.717, 1.165) is 11.3 Å². The van der Waals surface area contributed by atoms with Crippen molar-refractivity contribution < 1.29 is 5.11 Å². The number of aromatic nitrogens is 3. The van der Waals surface area contributed by atoms with Crippen LogP contribution in [0.25, 0.3) is 5.82 Å². The molecule has 0 saturated heterocycles. The summed E-state index contributed by atoms with van der Waals surface area (Å²) in [5.41, 5.74) is 1.92. The van der Waals surface area contributed by atoms with Crippen LogP contribution >= 0.6 is 0 Å². The lowest BCUT2D eigenvalue weighted by Gasteiger charge is -2.08. The Balaban J connectivity index is 2.44. The molecule has 0 bridgehead atoms. The predicted octanol–water partition coefficient (Wildman–Crippen LogP) is 2.40. The molecule has 0 aliphatic carbocycles. The lowest BCUT2D eigenvalue weighted by atomic mass is 10.1. The van der Waals surface area contributed by atoms with E-state index in [2.05, 4.69) is 23.8 Å². The molecule has 0 aliphatic heterocycles. The molecule has 0 amide bonds. The predicted molar refractivity (Wildman–Crippen MR) is 61.8 cm³/mol. The zero-order chi connectivity index (χ0) is 11.7. The van der Waals surface area contributed by atoms with Gasteiger partial charge in [-0.3, -0.25) is 4.57 Å². The molecular weight excluding hydrogens is 202 g/mol. The Labute approximate surface area is 94.6 Å². The van der Waals surface area contributed by atoms with Gasteiger partial charge in [0.25, 0.3) is 0 Å². The van der Waals surface area contributed by atoms with Gasteiger partial charge in [0.1, 0.15) is 6.33 Å². The van der Waals surface area contributed by atoms with E-state index in [0.29, 0.717) is 11.7 Å². The lowest BCUT2D eigenvalue weighted by molar-refractivity contribution is 0.467. The van der Waals surface area contributed by atoms with Crippen molar-refractivity contribution in [1.29, 1.82) is 0 Å². The second kappa shape index (κ2) is 3.96. The van der Waals surface area contributed by atoms with E-state index in [1.165, 1.54) is 0 Å². The minimum atomic E-state index is 0.184. The van der Waals surface area contributed by atoms with Gasteiger partial charge < -0.3 is 5.11 Å². The Morgan fingerprint density at radius 1 is 1.31 bits per heavy atom. The van der Waals surface area contributed by atoms with Crippen molar-refractivity contribution in [2.75, 3.05) is 0 Å². The molecule has 4 heteroatoms. The molecule has 84 valence electrons. The maximum Gasteiger partial charge on any atom is 0.180 e. The molecule has 4 nitrogen and oxygen atoms in total.